The number of nitrogens with zero attached hydrogens (tertiary/aromatic N) is 1. The molecule has 2 heterocycles. The van der Waals surface area contributed by atoms with Crippen molar-refractivity contribution in [2.75, 3.05) is 4.90 Å². The van der Waals surface area contributed by atoms with Crippen LogP contribution in [0.15, 0.2) is 51.5 Å². The Kier molecular flexibility index (Phi) is 6.63. The molecule has 8 nitrogen and oxygen atoms in total. The molecule has 1 saturated heterocycles. The van der Waals surface area contributed by atoms with Crippen LogP contribution in [0.1, 0.15) is 5.76 Å². The number of carbonyl (C=O) groups excluding carboxylic acids is 2. The van der Waals surface area contributed by atoms with E-state index in [1.165, 1.54) is 12.1 Å². The topological polar surface area (TPSA) is 120 Å². The third-order valence-corrected chi connectivity index (χ3v) is 4.57. The third-order valence-electron chi connectivity index (χ3n) is 3.32. The molecular weight excluding hydrogens is 427 g/mol. The van der Waals surface area contributed by atoms with Gasteiger partial charge in [-0.05, 0) is 54.7 Å². The molecule has 0 saturated carbocycles. The summed E-state index contributed by atoms with van der Waals surface area (Å²) >= 11 is 10.9. The summed E-state index contributed by atoms with van der Waals surface area (Å²) in [4.78, 5) is 25.9. The fraction of sp³-hybridized carbons (Fsp3) is 0. The summed E-state index contributed by atoms with van der Waals surface area (Å²) in [7, 11) is -4.79. The van der Waals surface area contributed by atoms with Crippen molar-refractivity contribution >= 4 is 62.6 Å². The summed E-state index contributed by atoms with van der Waals surface area (Å²) in [6, 6.07) is 8.25. The van der Waals surface area contributed by atoms with Gasteiger partial charge >= 0.3 is 29.6 Å². The Bertz CT molecular complexity index is 1060. The molecule has 1 aliphatic heterocycles. The molecule has 0 radical (unpaired) electrons. The van der Waals surface area contributed by atoms with Crippen LogP contribution in [-0.2, 0) is 19.7 Å². The summed E-state index contributed by atoms with van der Waals surface area (Å²) < 4.78 is 37.6. The van der Waals surface area contributed by atoms with Crippen LogP contribution in [0.2, 0.25) is 5.02 Å². The van der Waals surface area contributed by atoms with Gasteiger partial charge in [0.05, 0.1) is 5.69 Å². The van der Waals surface area contributed by atoms with Crippen molar-refractivity contribution in [3.05, 3.63) is 52.8 Å². The van der Waals surface area contributed by atoms with Crippen molar-refractivity contribution in [2.24, 2.45) is 0 Å². The molecule has 12 heteroatoms. The molecule has 0 atom stereocenters. The molecule has 134 valence electrons. The van der Waals surface area contributed by atoms with Crippen molar-refractivity contribution in [3.63, 3.8) is 0 Å². The molecule has 3 rings (SSSR count). The van der Waals surface area contributed by atoms with Crippen LogP contribution in [0.4, 0.5) is 5.69 Å². The van der Waals surface area contributed by atoms with E-state index in [4.69, 9.17) is 28.2 Å². The fourth-order valence-electron chi connectivity index (χ4n) is 2.17. The number of benzene rings is 1. The van der Waals surface area contributed by atoms with E-state index in [2.05, 4.69) is 5.32 Å². The molecule has 1 fully saturated rings. The van der Waals surface area contributed by atoms with Crippen LogP contribution in [0.3, 0.4) is 0 Å². The fourth-order valence-corrected chi connectivity index (χ4v) is 3.01. The first-order valence-corrected chi connectivity index (χ1v) is 9.09. The van der Waals surface area contributed by atoms with Gasteiger partial charge in [0, 0.05) is 5.02 Å². The van der Waals surface area contributed by atoms with Gasteiger partial charge < -0.3 is 8.97 Å². The quantitative estimate of drug-likeness (QED) is 0.209. The zero-order chi connectivity index (χ0) is 19.1. The van der Waals surface area contributed by atoms with E-state index in [0.29, 0.717) is 10.7 Å². The number of hydrogen-bond donors (Lipinski definition) is 1. The first-order valence-electron chi connectivity index (χ1n) is 6.89. The standard InChI is InChI=1S/C15H9ClN2O6S2.Na/c16-8-1-3-9(4-2-8)18-14(20)11(13(19)17-15(18)25)7-10-5-6-12(24-10)26(21,22)23;/h1-7H,(H,17,19,25)(H,21,22,23);/q;+1/p-1/b11-7+;. The van der Waals surface area contributed by atoms with Crippen molar-refractivity contribution in [1.82, 2.24) is 5.32 Å². The number of hydrogen-bond acceptors (Lipinski definition) is 7. The average molecular weight is 435 g/mol. The summed E-state index contributed by atoms with van der Waals surface area (Å²) in [6.45, 7) is 0. The minimum Gasteiger partial charge on any atom is -0.742 e. The monoisotopic (exact) mass is 434 g/mol. The summed E-state index contributed by atoms with van der Waals surface area (Å²) in [6.07, 6.45) is 1.02. The second-order valence-electron chi connectivity index (χ2n) is 5.05. The molecule has 2 aromatic rings. The SMILES string of the molecule is O=C1NC(=S)N(c2ccc(Cl)cc2)C(=O)/C1=C/c1ccc(S(=O)(=O)[O-])o1.[Na+]. The number of halogens is 1. The predicted octanol–water partition coefficient (Wildman–Crippen LogP) is -1.33. The van der Waals surface area contributed by atoms with Crippen LogP contribution in [-0.4, -0.2) is 29.9 Å². The van der Waals surface area contributed by atoms with Gasteiger partial charge in [-0.2, -0.15) is 0 Å². The van der Waals surface area contributed by atoms with E-state index in [1.807, 2.05) is 0 Å². The number of furan rings is 1. The zero-order valence-corrected chi connectivity index (χ0v) is 18.0. The normalized spacial score (nSPS) is 16.3. The minimum atomic E-state index is -4.79. The number of rotatable bonds is 3. The Morgan fingerprint density at radius 3 is 2.33 bits per heavy atom. The first kappa shape index (κ1) is 21.8. The average Bonchev–Trinajstić information content (AvgIpc) is 3.02. The Labute approximate surface area is 186 Å². The Morgan fingerprint density at radius 2 is 1.78 bits per heavy atom. The Hall–Kier alpha value is -1.53. The third kappa shape index (κ3) is 4.66. The van der Waals surface area contributed by atoms with E-state index >= 15 is 0 Å². The molecule has 1 aliphatic rings. The van der Waals surface area contributed by atoms with Gasteiger partial charge in [0.2, 0.25) is 5.09 Å². The molecule has 1 aromatic carbocycles. The molecular formula is C15H8ClN2NaO6S2. The molecule has 0 spiro atoms. The largest absolute Gasteiger partial charge is 1.00 e. The maximum atomic E-state index is 12.7. The van der Waals surface area contributed by atoms with Gasteiger partial charge in [0.25, 0.3) is 11.8 Å². The van der Waals surface area contributed by atoms with Crippen LogP contribution >= 0.6 is 23.8 Å². The predicted molar refractivity (Wildman–Crippen MR) is 94.3 cm³/mol. The van der Waals surface area contributed by atoms with Crippen molar-refractivity contribution in [1.29, 1.82) is 0 Å². The molecule has 0 bridgehead atoms. The molecule has 2 amide bonds. The van der Waals surface area contributed by atoms with Crippen LogP contribution in [0, 0.1) is 0 Å². The number of anilines is 1. The van der Waals surface area contributed by atoms with Crippen LogP contribution in [0.25, 0.3) is 6.08 Å². The van der Waals surface area contributed by atoms with Gasteiger partial charge in [0.1, 0.15) is 11.3 Å². The van der Waals surface area contributed by atoms with Crippen LogP contribution < -0.4 is 39.8 Å². The van der Waals surface area contributed by atoms with Crippen molar-refractivity contribution in [3.8, 4) is 0 Å². The van der Waals surface area contributed by atoms with Gasteiger partial charge in [-0.25, -0.2) is 8.42 Å². The molecule has 1 aromatic heterocycles. The zero-order valence-electron chi connectivity index (χ0n) is 13.6. The maximum Gasteiger partial charge on any atom is 1.00 e. The van der Waals surface area contributed by atoms with Gasteiger partial charge in [0.15, 0.2) is 15.2 Å². The second-order valence-corrected chi connectivity index (χ2v) is 7.18. The van der Waals surface area contributed by atoms with Crippen molar-refractivity contribution in [2.45, 2.75) is 5.09 Å². The van der Waals surface area contributed by atoms with E-state index in [9.17, 15) is 22.6 Å². The smallest absolute Gasteiger partial charge is 0.742 e. The van der Waals surface area contributed by atoms with E-state index in [-0.39, 0.29) is 46.0 Å². The summed E-state index contributed by atoms with van der Waals surface area (Å²) in [5, 5.41) is 1.86. The number of nitrogens with one attached hydrogen (secondary N) is 1. The summed E-state index contributed by atoms with van der Waals surface area (Å²) in [5.41, 5.74) is 0.0234. The number of amides is 2. The summed E-state index contributed by atoms with van der Waals surface area (Å²) in [5.74, 6) is -1.68. The molecule has 0 unspecified atom stereocenters. The van der Waals surface area contributed by atoms with Crippen LogP contribution in [0.5, 0.6) is 0 Å². The van der Waals surface area contributed by atoms with E-state index < -0.39 is 27.0 Å². The number of thiocarbonyl (C=S) groups is 1. The molecule has 1 N–H and O–H groups in total. The van der Waals surface area contributed by atoms with E-state index in [0.717, 1.165) is 23.1 Å². The molecule has 0 aliphatic carbocycles. The molecule has 27 heavy (non-hydrogen) atoms. The Balaban J connectivity index is 0.00000261. The van der Waals surface area contributed by atoms with Crippen molar-refractivity contribution < 1.29 is 56.5 Å². The number of carbonyl (C=O) groups is 2. The van der Waals surface area contributed by atoms with Gasteiger partial charge in [-0.15, -0.1) is 0 Å². The minimum absolute atomic E-state index is 0. The first-order chi connectivity index (χ1) is 12.2. The Morgan fingerprint density at radius 1 is 1.15 bits per heavy atom. The van der Waals surface area contributed by atoms with Gasteiger partial charge in [-0.3, -0.25) is 19.8 Å². The maximum absolute atomic E-state index is 12.7. The van der Waals surface area contributed by atoms with Gasteiger partial charge in [-0.1, -0.05) is 11.6 Å². The van der Waals surface area contributed by atoms with E-state index in [1.54, 1.807) is 12.1 Å². The second kappa shape index (κ2) is 8.23.